The first kappa shape index (κ1) is 15.1. The zero-order chi connectivity index (χ0) is 15.4. The summed E-state index contributed by atoms with van der Waals surface area (Å²) in [7, 11) is 1.48. The maximum absolute atomic E-state index is 13.2. The first-order valence-corrected chi connectivity index (χ1v) is 6.28. The molecule has 0 saturated carbocycles. The van der Waals surface area contributed by atoms with Gasteiger partial charge in [0.25, 0.3) is 0 Å². The van der Waals surface area contributed by atoms with Crippen molar-refractivity contribution in [3.8, 4) is 11.5 Å². The van der Waals surface area contributed by atoms with Gasteiger partial charge in [0.15, 0.2) is 5.75 Å². The Labute approximate surface area is 125 Å². The molecule has 0 aliphatic heterocycles. The quantitative estimate of drug-likeness (QED) is 0.619. The Bertz CT molecular complexity index is 678. The Kier molecular flexibility index (Phi) is 4.59. The number of hydrogen-bond donors (Lipinski definition) is 0. The summed E-state index contributed by atoms with van der Waals surface area (Å²) in [6.07, 6.45) is 0. The monoisotopic (exact) mass is 311 g/mol. The van der Waals surface area contributed by atoms with E-state index in [1.54, 1.807) is 18.2 Å². The lowest BCUT2D eigenvalue weighted by Gasteiger charge is -2.11. The molecule has 0 N–H and O–H groups in total. The van der Waals surface area contributed by atoms with Gasteiger partial charge < -0.3 is 9.47 Å². The van der Waals surface area contributed by atoms with Crippen molar-refractivity contribution < 1.29 is 18.8 Å². The van der Waals surface area contributed by atoms with Crippen molar-refractivity contribution in [3.05, 3.63) is 62.9 Å². The zero-order valence-corrected chi connectivity index (χ0v) is 11.8. The molecule has 0 bridgehead atoms. The standard InChI is InChI=1S/C14H11ClFNO4/c1-20-13-5-2-10(15)6-9(13)8-21-14-7-11(16)3-4-12(14)17(18)19/h2-7H,8H2,1H3. The van der Waals surface area contributed by atoms with Crippen LogP contribution in [0.5, 0.6) is 11.5 Å². The van der Waals surface area contributed by atoms with Crippen molar-refractivity contribution in [3.63, 3.8) is 0 Å². The topological polar surface area (TPSA) is 61.6 Å². The lowest BCUT2D eigenvalue weighted by molar-refractivity contribution is -0.386. The first-order chi connectivity index (χ1) is 10.0. The molecule has 0 atom stereocenters. The number of nitrogens with zero attached hydrogens (tertiary/aromatic N) is 1. The van der Waals surface area contributed by atoms with Crippen LogP contribution in [0.25, 0.3) is 0 Å². The Morgan fingerprint density at radius 2 is 2.00 bits per heavy atom. The summed E-state index contributed by atoms with van der Waals surface area (Å²) in [6.45, 7) is -0.0337. The van der Waals surface area contributed by atoms with Gasteiger partial charge in [0.1, 0.15) is 18.2 Å². The van der Waals surface area contributed by atoms with E-state index in [2.05, 4.69) is 0 Å². The third-order valence-corrected chi connectivity index (χ3v) is 2.98. The molecule has 7 heteroatoms. The molecule has 0 spiro atoms. The van der Waals surface area contributed by atoms with Crippen LogP contribution in [0.15, 0.2) is 36.4 Å². The lowest BCUT2D eigenvalue weighted by Crippen LogP contribution is -2.01. The van der Waals surface area contributed by atoms with Crippen LogP contribution in [0.2, 0.25) is 5.02 Å². The SMILES string of the molecule is COc1ccc(Cl)cc1COc1cc(F)ccc1[N+](=O)[O-]. The van der Waals surface area contributed by atoms with Gasteiger partial charge in [0.2, 0.25) is 0 Å². The van der Waals surface area contributed by atoms with Crippen LogP contribution in [0.3, 0.4) is 0 Å². The molecule has 0 amide bonds. The largest absolute Gasteiger partial charge is 0.496 e. The molecule has 2 rings (SSSR count). The molecule has 2 aromatic carbocycles. The van der Waals surface area contributed by atoms with Crippen LogP contribution < -0.4 is 9.47 Å². The minimum absolute atomic E-state index is 0.0337. The summed E-state index contributed by atoms with van der Waals surface area (Å²) in [4.78, 5) is 10.2. The summed E-state index contributed by atoms with van der Waals surface area (Å²) in [6, 6.07) is 7.95. The van der Waals surface area contributed by atoms with E-state index in [-0.39, 0.29) is 18.0 Å². The van der Waals surface area contributed by atoms with Crippen LogP contribution in [0.1, 0.15) is 5.56 Å². The number of halogens is 2. The molecule has 0 unspecified atom stereocenters. The highest BCUT2D eigenvalue weighted by molar-refractivity contribution is 6.30. The number of methoxy groups -OCH3 is 1. The average molecular weight is 312 g/mol. The second kappa shape index (κ2) is 6.41. The normalized spacial score (nSPS) is 10.2. The molecule has 0 saturated heterocycles. The maximum Gasteiger partial charge on any atom is 0.311 e. The van der Waals surface area contributed by atoms with Crippen LogP contribution in [0.4, 0.5) is 10.1 Å². The van der Waals surface area contributed by atoms with Gasteiger partial charge in [-0.2, -0.15) is 0 Å². The number of rotatable bonds is 5. The van der Waals surface area contributed by atoms with Crippen molar-refractivity contribution >= 4 is 17.3 Å². The summed E-state index contributed by atoms with van der Waals surface area (Å²) in [5.41, 5.74) is 0.293. The molecule has 0 aromatic heterocycles. The predicted octanol–water partition coefficient (Wildman–Crippen LogP) is 3.97. The van der Waals surface area contributed by atoms with E-state index in [1.165, 1.54) is 7.11 Å². The van der Waals surface area contributed by atoms with Crippen LogP contribution in [-0.2, 0) is 6.61 Å². The molecule has 2 aromatic rings. The second-order valence-corrected chi connectivity index (χ2v) is 4.55. The molecule has 5 nitrogen and oxygen atoms in total. The number of nitro groups is 1. The molecule has 0 aliphatic carbocycles. The lowest BCUT2D eigenvalue weighted by atomic mass is 10.2. The third kappa shape index (κ3) is 3.61. The van der Waals surface area contributed by atoms with E-state index in [1.807, 2.05) is 0 Å². The van der Waals surface area contributed by atoms with Crippen molar-refractivity contribution in [1.29, 1.82) is 0 Å². The van der Waals surface area contributed by atoms with Gasteiger partial charge in [-0.3, -0.25) is 10.1 Å². The van der Waals surface area contributed by atoms with Crippen molar-refractivity contribution in [2.75, 3.05) is 7.11 Å². The molecular weight excluding hydrogens is 301 g/mol. The van der Waals surface area contributed by atoms with E-state index < -0.39 is 10.7 Å². The van der Waals surface area contributed by atoms with E-state index in [4.69, 9.17) is 21.1 Å². The Balaban J connectivity index is 2.26. The van der Waals surface area contributed by atoms with Crippen LogP contribution in [-0.4, -0.2) is 12.0 Å². The van der Waals surface area contributed by atoms with Crippen molar-refractivity contribution in [1.82, 2.24) is 0 Å². The Morgan fingerprint density at radius 3 is 2.67 bits per heavy atom. The van der Waals surface area contributed by atoms with E-state index in [0.717, 1.165) is 18.2 Å². The highest BCUT2D eigenvalue weighted by Crippen LogP contribution is 2.30. The molecule has 21 heavy (non-hydrogen) atoms. The highest BCUT2D eigenvalue weighted by Gasteiger charge is 2.16. The van der Waals surface area contributed by atoms with E-state index in [9.17, 15) is 14.5 Å². The summed E-state index contributed by atoms with van der Waals surface area (Å²) in [5, 5.41) is 11.4. The van der Waals surface area contributed by atoms with Crippen molar-refractivity contribution in [2.45, 2.75) is 6.61 Å². The highest BCUT2D eigenvalue weighted by atomic mass is 35.5. The van der Waals surface area contributed by atoms with Gasteiger partial charge in [-0.15, -0.1) is 0 Å². The molecule has 0 aliphatic rings. The smallest absolute Gasteiger partial charge is 0.311 e. The predicted molar refractivity (Wildman–Crippen MR) is 75.4 cm³/mol. The Morgan fingerprint density at radius 1 is 1.24 bits per heavy atom. The van der Waals surface area contributed by atoms with Gasteiger partial charge in [-0.05, 0) is 24.3 Å². The number of ether oxygens (including phenoxy) is 2. The van der Waals surface area contributed by atoms with Gasteiger partial charge in [-0.25, -0.2) is 4.39 Å². The number of hydrogen-bond acceptors (Lipinski definition) is 4. The molecule has 0 fully saturated rings. The fourth-order valence-corrected chi connectivity index (χ4v) is 1.96. The van der Waals surface area contributed by atoms with E-state index in [0.29, 0.717) is 16.3 Å². The van der Waals surface area contributed by atoms with Crippen LogP contribution >= 0.6 is 11.6 Å². The molecule has 0 radical (unpaired) electrons. The van der Waals surface area contributed by atoms with Crippen LogP contribution in [0, 0.1) is 15.9 Å². The maximum atomic E-state index is 13.2. The minimum atomic E-state index is -0.635. The van der Waals surface area contributed by atoms with Gasteiger partial charge in [0.05, 0.1) is 12.0 Å². The van der Waals surface area contributed by atoms with E-state index >= 15 is 0 Å². The average Bonchev–Trinajstić information content (AvgIpc) is 2.45. The first-order valence-electron chi connectivity index (χ1n) is 5.90. The zero-order valence-electron chi connectivity index (χ0n) is 11.0. The third-order valence-electron chi connectivity index (χ3n) is 2.74. The molecule has 0 heterocycles. The number of nitro benzene ring substituents is 1. The fourth-order valence-electron chi connectivity index (χ4n) is 1.77. The summed E-state index contributed by atoms with van der Waals surface area (Å²) >= 11 is 5.88. The summed E-state index contributed by atoms with van der Waals surface area (Å²) < 4.78 is 23.7. The molecule has 110 valence electrons. The number of benzene rings is 2. The van der Waals surface area contributed by atoms with Crippen molar-refractivity contribution in [2.24, 2.45) is 0 Å². The summed E-state index contributed by atoms with van der Waals surface area (Å²) in [5.74, 6) is -0.242. The fraction of sp³-hybridized carbons (Fsp3) is 0.143. The van der Waals surface area contributed by atoms with Gasteiger partial charge in [0, 0.05) is 22.7 Å². The minimum Gasteiger partial charge on any atom is -0.496 e. The van der Waals surface area contributed by atoms with Gasteiger partial charge >= 0.3 is 5.69 Å². The second-order valence-electron chi connectivity index (χ2n) is 4.11. The molecular formula is C14H11ClFNO4. The Hall–Kier alpha value is -2.34. The van der Waals surface area contributed by atoms with Gasteiger partial charge in [-0.1, -0.05) is 11.6 Å².